The summed E-state index contributed by atoms with van der Waals surface area (Å²) in [6.07, 6.45) is -2.21. The zero-order valence-electron chi connectivity index (χ0n) is 20.0. The number of carbonyl (C=O) groups excluding carboxylic acids is 2. The minimum atomic E-state index is -2.00. The summed E-state index contributed by atoms with van der Waals surface area (Å²) in [6, 6.07) is 13.3. The van der Waals surface area contributed by atoms with Gasteiger partial charge in [-0.2, -0.15) is 5.26 Å². The van der Waals surface area contributed by atoms with Crippen LogP contribution in [0, 0.1) is 22.7 Å². The van der Waals surface area contributed by atoms with Gasteiger partial charge in [0.15, 0.2) is 11.9 Å². The van der Waals surface area contributed by atoms with Crippen LogP contribution in [-0.2, 0) is 19.9 Å². The fourth-order valence-electron chi connectivity index (χ4n) is 4.07. The van der Waals surface area contributed by atoms with Crippen molar-refractivity contribution in [2.75, 3.05) is 6.61 Å². The zero-order valence-corrected chi connectivity index (χ0v) is 20.0. The minimum absolute atomic E-state index is 0.00102. The number of carbonyl (C=O) groups is 2. The van der Waals surface area contributed by atoms with Gasteiger partial charge >= 0.3 is 5.97 Å². The lowest BCUT2D eigenvalue weighted by atomic mass is 9.92. The van der Waals surface area contributed by atoms with Gasteiger partial charge in [-0.1, -0.05) is 32.0 Å². The number of amides is 1. The molecule has 0 aliphatic carbocycles. The number of aliphatic imine (C=N–C) groups is 1. The Morgan fingerprint density at radius 3 is 2.58 bits per heavy atom. The number of aromatic amines is 1. The molecule has 0 bridgehead atoms. The van der Waals surface area contributed by atoms with Crippen LogP contribution >= 0.6 is 0 Å². The molecular formula is C25H29N5O6. The molecule has 1 aliphatic rings. The molecular weight excluding hydrogens is 466 g/mol. The molecule has 2 heterocycles. The number of aliphatic hydroxyl groups excluding tert-OH is 2. The molecule has 2 aromatic rings. The van der Waals surface area contributed by atoms with Gasteiger partial charge in [0.1, 0.15) is 24.6 Å². The molecule has 1 aromatic heterocycles. The minimum Gasteiger partial charge on any atom is -0.456 e. The molecule has 11 nitrogen and oxygen atoms in total. The first-order chi connectivity index (χ1) is 17.3. The Morgan fingerprint density at radius 1 is 1.31 bits per heavy atom. The first kappa shape index (κ1) is 26.7. The Balaban J connectivity index is 1.89. The highest BCUT2D eigenvalue weighted by Crippen LogP contribution is 2.40. The van der Waals surface area contributed by atoms with Gasteiger partial charge in [0.2, 0.25) is 5.60 Å². The van der Waals surface area contributed by atoms with Gasteiger partial charge < -0.3 is 30.0 Å². The van der Waals surface area contributed by atoms with E-state index in [1.54, 1.807) is 30.3 Å². The van der Waals surface area contributed by atoms with E-state index in [0.29, 0.717) is 18.4 Å². The van der Waals surface area contributed by atoms with Crippen LogP contribution in [0.2, 0.25) is 0 Å². The Morgan fingerprint density at radius 2 is 2.00 bits per heavy atom. The van der Waals surface area contributed by atoms with E-state index in [0.717, 1.165) is 6.34 Å². The van der Waals surface area contributed by atoms with E-state index in [4.69, 9.17) is 14.9 Å². The lowest BCUT2D eigenvalue weighted by Gasteiger charge is -2.25. The van der Waals surface area contributed by atoms with Crippen LogP contribution in [0.15, 0.2) is 47.5 Å². The van der Waals surface area contributed by atoms with E-state index < -0.39 is 42.4 Å². The number of nitriles is 1. The normalized spacial score (nSPS) is 23.8. The summed E-state index contributed by atoms with van der Waals surface area (Å²) in [7, 11) is 0. The van der Waals surface area contributed by atoms with Crippen molar-refractivity contribution in [1.29, 1.82) is 10.7 Å². The Hall–Kier alpha value is -3.85. The van der Waals surface area contributed by atoms with E-state index in [1.165, 1.54) is 12.1 Å². The molecule has 0 radical (unpaired) electrons. The number of H-pyrrole nitrogens is 1. The molecule has 0 unspecified atom stereocenters. The summed E-state index contributed by atoms with van der Waals surface area (Å²) in [6.45, 7) is 3.08. The average molecular weight is 496 g/mol. The molecule has 190 valence electrons. The highest BCUT2D eigenvalue weighted by atomic mass is 16.6. The van der Waals surface area contributed by atoms with Crippen LogP contribution in [0.5, 0.6) is 0 Å². The molecule has 11 heteroatoms. The van der Waals surface area contributed by atoms with E-state index in [2.05, 4.69) is 15.3 Å². The first-order valence-electron chi connectivity index (χ1n) is 11.6. The second-order valence-electron chi connectivity index (χ2n) is 8.26. The van der Waals surface area contributed by atoms with Crippen molar-refractivity contribution in [2.24, 2.45) is 10.9 Å². The largest absolute Gasteiger partial charge is 0.456 e. The van der Waals surface area contributed by atoms with Gasteiger partial charge in [0.25, 0.3) is 5.91 Å². The maximum absolute atomic E-state index is 12.6. The molecule has 1 amide bonds. The predicted octanol–water partition coefficient (Wildman–Crippen LogP) is 1.62. The molecule has 3 rings (SSSR count). The molecule has 1 fully saturated rings. The van der Waals surface area contributed by atoms with Crippen molar-refractivity contribution in [2.45, 2.75) is 50.6 Å². The van der Waals surface area contributed by atoms with Crippen molar-refractivity contribution in [1.82, 2.24) is 10.3 Å². The van der Waals surface area contributed by atoms with Crippen molar-refractivity contribution in [3.63, 3.8) is 0 Å². The summed E-state index contributed by atoms with van der Waals surface area (Å²) in [5, 5.41) is 40.9. The third kappa shape index (κ3) is 5.21. The SMILES string of the molecule is CCC(CC)C(=O)O[C@H]1[C@@H](O)[C@](C#N)(c2ccc(C(=NC=N)NC(=O)c3ccccc3)[nH]2)O[C@@H]1CO. The number of nitrogens with one attached hydrogen (secondary N) is 3. The van der Waals surface area contributed by atoms with Crippen molar-refractivity contribution in [3.8, 4) is 6.07 Å². The number of aliphatic hydroxyl groups is 2. The molecule has 0 spiro atoms. The highest BCUT2D eigenvalue weighted by molar-refractivity contribution is 6.13. The molecule has 5 N–H and O–H groups in total. The Kier molecular flexibility index (Phi) is 8.71. The zero-order chi connectivity index (χ0) is 26.3. The lowest BCUT2D eigenvalue weighted by molar-refractivity contribution is -0.161. The molecule has 4 atom stereocenters. The van der Waals surface area contributed by atoms with Crippen molar-refractivity contribution >= 4 is 24.1 Å². The summed E-state index contributed by atoms with van der Waals surface area (Å²) >= 11 is 0. The number of hydrogen-bond donors (Lipinski definition) is 5. The summed E-state index contributed by atoms with van der Waals surface area (Å²) in [4.78, 5) is 31.9. The van der Waals surface area contributed by atoms with Crippen LogP contribution in [0.3, 0.4) is 0 Å². The van der Waals surface area contributed by atoms with Crippen molar-refractivity contribution in [3.05, 3.63) is 59.4 Å². The van der Waals surface area contributed by atoms with Gasteiger partial charge in [-0.15, -0.1) is 0 Å². The van der Waals surface area contributed by atoms with Crippen LogP contribution in [0.1, 0.15) is 48.4 Å². The standard InChI is InChI=1S/C25H29N5O6/c1-3-15(4-2)24(34)35-20-18(12-31)36-25(13-26,21(20)32)19-11-10-17(29-19)22(28-14-27)30-23(33)16-8-6-5-7-9-16/h5-11,14-15,18,20-21,29,31-32H,3-4,12H2,1-2H3,(H2,27,28,30,33)/t18-,20-,21-,25+/m1/s1. The fourth-order valence-corrected chi connectivity index (χ4v) is 4.07. The number of hydrogen-bond acceptors (Lipinski definition) is 8. The number of benzene rings is 1. The van der Waals surface area contributed by atoms with Crippen molar-refractivity contribution < 1.29 is 29.3 Å². The number of aromatic nitrogens is 1. The maximum atomic E-state index is 12.6. The number of ether oxygens (including phenoxy) is 2. The second-order valence-corrected chi connectivity index (χ2v) is 8.26. The predicted molar refractivity (Wildman–Crippen MR) is 129 cm³/mol. The van der Waals surface area contributed by atoms with Gasteiger partial charge in [-0.05, 0) is 37.1 Å². The van der Waals surface area contributed by atoms with Crippen LogP contribution in [0.4, 0.5) is 0 Å². The summed E-state index contributed by atoms with van der Waals surface area (Å²) in [5.74, 6) is -1.40. The molecule has 1 aromatic carbocycles. The van der Waals surface area contributed by atoms with E-state index in [1.807, 2.05) is 19.9 Å². The molecule has 1 saturated heterocycles. The molecule has 1 aliphatic heterocycles. The molecule has 0 saturated carbocycles. The number of rotatable bonds is 9. The van der Waals surface area contributed by atoms with Crippen LogP contribution in [-0.4, -0.2) is 64.2 Å². The molecule has 36 heavy (non-hydrogen) atoms. The van der Waals surface area contributed by atoms with E-state index in [9.17, 15) is 25.1 Å². The third-order valence-corrected chi connectivity index (χ3v) is 6.15. The number of amidine groups is 1. The van der Waals surface area contributed by atoms with Gasteiger partial charge in [0, 0.05) is 5.56 Å². The van der Waals surface area contributed by atoms with Crippen LogP contribution in [0.25, 0.3) is 0 Å². The summed E-state index contributed by atoms with van der Waals surface area (Å²) < 4.78 is 11.3. The van der Waals surface area contributed by atoms with Gasteiger partial charge in [-0.3, -0.25) is 15.0 Å². The van der Waals surface area contributed by atoms with Gasteiger partial charge in [0.05, 0.1) is 23.9 Å². The Labute approximate surface area is 208 Å². The van der Waals surface area contributed by atoms with Gasteiger partial charge in [-0.25, -0.2) is 4.99 Å². The van der Waals surface area contributed by atoms with E-state index in [-0.39, 0.29) is 23.1 Å². The van der Waals surface area contributed by atoms with E-state index >= 15 is 0 Å². The average Bonchev–Trinajstić information content (AvgIpc) is 3.49. The number of nitrogens with zero attached hydrogens (tertiary/aromatic N) is 2. The fraction of sp³-hybridized carbons (Fsp3) is 0.400. The highest BCUT2D eigenvalue weighted by Gasteiger charge is 2.59. The summed E-state index contributed by atoms with van der Waals surface area (Å²) in [5.41, 5.74) is -1.29. The topological polar surface area (TPSA) is 181 Å². The quantitative estimate of drug-likeness (QED) is 0.199. The second kappa shape index (κ2) is 11.7. The lowest BCUT2D eigenvalue weighted by Crippen LogP contribution is -2.43. The smallest absolute Gasteiger partial charge is 0.309 e. The third-order valence-electron chi connectivity index (χ3n) is 6.15. The Bertz CT molecular complexity index is 1150. The maximum Gasteiger partial charge on any atom is 0.309 e. The van der Waals surface area contributed by atoms with Crippen LogP contribution < -0.4 is 5.32 Å². The number of esters is 1. The first-order valence-corrected chi connectivity index (χ1v) is 11.6. The monoisotopic (exact) mass is 495 g/mol.